The fourth-order valence-electron chi connectivity index (χ4n) is 4.35. The maximum Gasteiger partial charge on any atom is 0.433 e. The van der Waals surface area contributed by atoms with Gasteiger partial charge < -0.3 is 19.9 Å². The zero-order valence-electron chi connectivity index (χ0n) is 20.0. The first-order valence-electron chi connectivity index (χ1n) is 11.3. The van der Waals surface area contributed by atoms with Crippen LogP contribution in [0.15, 0.2) is 29.1 Å². The molecule has 2 aromatic heterocycles. The average Bonchev–Trinajstić information content (AvgIpc) is 2.77. The number of aromatic amines is 1. The Morgan fingerprint density at radius 2 is 1.86 bits per heavy atom. The van der Waals surface area contributed by atoms with Gasteiger partial charge in [-0.1, -0.05) is 0 Å². The van der Waals surface area contributed by atoms with Crippen LogP contribution in [0.1, 0.15) is 54.3 Å². The zero-order valence-corrected chi connectivity index (χ0v) is 20.0. The number of fused-ring (bicyclic) bond motifs is 1. The van der Waals surface area contributed by atoms with Crippen LogP contribution in [0.4, 0.5) is 23.2 Å². The molecule has 12 heteroatoms. The van der Waals surface area contributed by atoms with Crippen molar-refractivity contribution in [1.82, 2.24) is 19.9 Å². The van der Waals surface area contributed by atoms with E-state index >= 15 is 0 Å². The predicted molar refractivity (Wildman–Crippen MR) is 124 cm³/mol. The van der Waals surface area contributed by atoms with Gasteiger partial charge in [-0.05, 0) is 52.0 Å². The van der Waals surface area contributed by atoms with E-state index in [1.807, 2.05) is 13.8 Å². The van der Waals surface area contributed by atoms with Crippen LogP contribution in [-0.4, -0.2) is 51.1 Å². The van der Waals surface area contributed by atoms with E-state index in [9.17, 15) is 27.2 Å². The summed E-state index contributed by atoms with van der Waals surface area (Å²) < 4.78 is 62.0. The molecule has 4 rings (SSSR count). The minimum Gasteiger partial charge on any atom is -0.376 e. The number of aryl methyl sites for hydroxylation is 1. The Morgan fingerprint density at radius 1 is 1.19 bits per heavy atom. The molecule has 1 aliphatic rings. The molecule has 1 saturated heterocycles. The summed E-state index contributed by atoms with van der Waals surface area (Å²) in [6.07, 6.45) is -5.15. The van der Waals surface area contributed by atoms with Crippen LogP contribution in [0.2, 0.25) is 0 Å². The molecule has 1 aliphatic heterocycles. The molecule has 8 nitrogen and oxygen atoms in total. The highest BCUT2D eigenvalue weighted by atomic mass is 19.4. The lowest BCUT2D eigenvalue weighted by atomic mass is 10.0. The van der Waals surface area contributed by atoms with Gasteiger partial charge in [0, 0.05) is 24.2 Å². The fraction of sp³-hybridized carbons (Fsp3) is 0.417. The maximum absolute atomic E-state index is 14.9. The molecule has 0 bridgehead atoms. The first kappa shape index (κ1) is 25.5. The van der Waals surface area contributed by atoms with Gasteiger partial charge in [-0.25, -0.2) is 14.4 Å². The monoisotopic (exact) mass is 507 g/mol. The first-order valence-corrected chi connectivity index (χ1v) is 11.3. The fourth-order valence-corrected chi connectivity index (χ4v) is 4.35. The van der Waals surface area contributed by atoms with Gasteiger partial charge in [0.1, 0.15) is 11.6 Å². The van der Waals surface area contributed by atoms with Crippen LogP contribution in [0.5, 0.6) is 0 Å². The number of pyridine rings is 1. The van der Waals surface area contributed by atoms with Crippen LogP contribution < -0.4 is 10.9 Å². The number of aromatic nitrogens is 3. The third-order valence-electron chi connectivity index (χ3n) is 5.87. The molecule has 0 spiro atoms. The number of anilines is 1. The third-order valence-corrected chi connectivity index (χ3v) is 5.87. The molecular weight excluding hydrogens is 482 g/mol. The smallest absolute Gasteiger partial charge is 0.376 e. The van der Waals surface area contributed by atoms with Crippen molar-refractivity contribution in [3.8, 4) is 0 Å². The molecule has 0 aliphatic carbocycles. The molecule has 0 saturated carbocycles. The number of benzene rings is 1. The van der Waals surface area contributed by atoms with E-state index in [1.165, 1.54) is 26.0 Å². The van der Waals surface area contributed by atoms with Gasteiger partial charge in [0.25, 0.3) is 11.5 Å². The molecule has 3 heterocycles. The number of rotatable bonds is 4. The van der Waals surface area contributed by atoms with E-state index in [2.05, 4.69) is 20.3 Å². The number of alkyl halides is 3. The number of hydrogen-bond donors (Lipinski definition) is 2. The Kier molecular flexibility index (Phi) is 6.74. The van der Waals surface area contributed by atoms with Crippen molar-refractivity contribution in [3.63, 3.8) is 0 Å². The Bertz CT molecular complexity index is 1360. The molecule has 3 unspecified atom stereocenters. The van der Waals surface area contributed by atoms with Gasteiger partial charge >= 0.3 is 6.18 Å². The summed E-state index contributed by atoms with van der Waals surface area (Å²) in [6, 6.07) is 3.72. The number of ether oxygens (including phenoxy) is 1. The summed E-state index contributed by atoms with van der Waals surface area (Å²) >= 11 is 0. The summed E-state index contributed by atoms with van der Waals surface area (Å²) in [7, 11) is 0. The maximum atomic E-state index is 14.9. The average molecular weight is 507 g/mol. The highest BCUT2D eigenvalue weighted by molar-refractivity contribution is 5.94. The summed E-state index contributed by atoms with van der Waals surface area (Å²) in [5.41, 5.74) is -2.53. The zero-order chi connectivity index (χ0) is 26.4. The van der Waals surface area contributed by atoms with Crippen LogP contribution >= 0.6 is 0 Å². The summed E-state index contributed by atoms with van der Waals surface area (Å²) in [6.45, 7) is 7.24. The van der Waals surface area contributed by atoms with Crippen molar-refractivity contribution >= 4 is 22.6 Å². The number of carbonyl (C=O) groups excluding carboxylic acids is 1. The lowest BCUT2D eigenvalue weighted by Gasteiger charge is -2.35. The molecular formula is C24H25F4N5O3. The summed E-state index contributed by atoms with van der Waals surface area (Å²) in [5, 5.41) is 2.58. The number of hydrogen-bond acceptors (Lipinski definition) is 6. The van der Waals surface area contributed by atoms with Crippen LogP contribution in [0.3, 0.4) is 0 Å². The Balaban J connectivity index is 1.63. The minimum atomic E-state index is -4.83. The van der Waals surface area contributed by atoms with E-state index < -0.39 is 29.3 Å². The Morgan fingerprint density at radius 3 is 2.47 bits per heavy atom. The standard InChI is InChI=1S/C24H25F4N5O3/c1-11-9-33(10-12(2)36-11)23(35)15-5-6-19(18(25)7-15)29-13(3)16-8-17-21(30-14(4)31-22(17)34)32-20(16)24(26,27)28/h5-8,11-13,29H,9-10H2,1-4H3,(H,30,31,32,34). The second-order valence-electron chi connectivity index (χ2n) is 8.97. The molecule has 0 radical (unpaired) electrons. The molecule has 1 amide bonds. The third kappa shape index (κ3) is 5.18. The van der Waals surface area contributed by atoms with E-state index in [-0.39, 0.29) is 51.8 Å². The molecule has 2 N–H and O–H groups in total. The summed E-state index contributed by atoms with van der Waals surface area (Å²) in [5.74, 6) is -1.04. The largest absolute Gasteiger partial charge is 0.433 e. The first-order chi connectivity index (χ1) is 16.8. The Hall–Kier alpha value is -3.54. The van der Waals surface area contributed by atoms with Gasteiger partial charge in [-0.15, -0.1) is 0 Å². The lowest BCUT2D eigenvalue weighted by Crippen LogP contribution is -2.48. The van der Waals surface area contributed by atoms with Crippen molar-refractivity contribution in [2.45, 2.75) is 52.1 Å². The topological polar surface area (TPSA) is 100 Å². The quantitative estimate of drug-likeness (QED) is 0.514. The van der Waals surface area contributed by atoms with Gasteiger partial charge in [0.2, 0.25) is 0 Å². The van der Waals surface area contributed by atoms with Crippen molar-refractivity contribution < 1.29 is 27.1 Å². The Labute approximate surface area is 203 Å². The van der Waals surface area contributed by atoms with Crippen LogP contribution in [-0.2, 0) is 10.9 Å². The van der Waals surface area contributed by atoms with E-state index in [4.69, 9.17) is 4.74 Å². The molecule has 3 aromatic rings. The number of nitrogens with zero attached hydrogens (tertiary/aromatic N) is 3. The lowest BCUT2D eigenvalue weighted by molar-refractivity contribution is -0.141. The van der Waals surface area contributed by atoms with Crippen molar-refractivity contribution in [2.24, 2.45) is 0 Å². The van der Waals surface area contributed by atoms with Crippen molar-refractivity contribution in [3.05, 3.63) is 63.1 Å². The van der Waals surface area contributed by atoms with Crippen LogP contribution in [0, 0.1) is 12.7 Å². The van der Waals surface area contributed by atoms with Crippen molar-refractivity contribution in [2.75, 3.05) is 18.4 Å². The van der Waals surface area contributed by atoms with E-state index in [1.54, 1.807) is 4.90 Å². The normalized spacial score (nSPS) is 19.4. The van der Waals surface area contributed by atoms with Gasteiger partial charge in [-0.2, -0.15) is 13.2 Å². The SMILES string of the molecule is Cc1nc2nc(C(F)(F)F)c(C(C)Nc3ccc(C(=O)N4CC(C)OC(C)C4)cc3F)cc2c(=O)[nH]1. The molecule has 36 heavy (non-hydrogen) atoms. The molecule has 1 aromatic carbocycles. The highest BCUT2D eigenvalue weighted by Gasteiger charge is 2.37. The molecule has 3 atom stereocenters. The second kappa shape index (κ2) is 9.49. The predicted octanol–water partition coefficient (Wildman–Crippen LogP) is 4.21. The van der Waals surface area contributed by atoms with E-state index in [0.29, 0.717) is 13.1 Å². The highest BCUT2D eigenvalue weighted by Crippen LogP contribution is 2.35. The number of amides is 1. The van der Waals surface area contributed by atoms with Gasteiger partial charge in [0.15, 0.2) is 11.3 Å². The van der Waals surface area contributed by atoms with Gasteiger partial charge in [-0.3, -0.25) is 9.59 Å². The van der Waals surface area contributed by atoms with E-state index in [0.717, 1.165) is 12.1 Å². The number of halogens is 4. The van der Waals surface area contributed by atoms with Crippen LogP contribution in [0.25, 0.3) is 11.0 Å². The number of nitrogens with one attached hydrogen (secondary N) is 2. The summed E-state index contributed by atoms with van der Waals surface area (Å²) in [4.78, 5) is 36.6. The molecule has 1 fully saturated rings. The van der Waals surface area contributed by atoms with Crippen molar-refractivity contribution in [1.29, 1.82) is 0 Å². The second-order valence-corrected chi connectivity index (χ2v) is 8.97. The number of carbonyl (C=O) groups is 1. The minimum absolute atomic E-state index is 0.105. The van der Waals surface area contributed by atoms with Gasteiger partial charge in [0.05, 0.1) is 29.3 Å². The molecule has 192 valence electrons. The number of morpholine rings is 1. The number of H-pyrrole nitrogens is 1.